The summed E-state index contributed by atoms with van der Waals surface area (Å²) >= 11 is 0. The second-order valence-corrected chi connectivity index (χ2v) is 9.80. The minimum Gasteiger partial charge on any atom is -0.383 e. The molecule has 2 heterocycles. The van der Waals surface area contributed by atoms with Crippen molar-refractivity contribution in [1.82, 2.24) is 9.13 Å². The smallest absolute Gasteiger partial charge is 0.131 e. The van der Waals surface area contributed by atoms with E-state index < -0.39 is 0 Å². The van der Waals surface area contributed by atoms with Crippen molar-refractivity contribution in [1.29, 1.82) is 0 Å². The lowest BCUT2D eigenvalue weighted by atomic mass is 10.1. The average Bonchev–Trinajstić information content (AvgIpc) is 3.58. The molecule has 0 fully saturated rings. The topological polar surface area (TPSA) is 48.2 Å². The summed E-state index contributed by atoms with van der Waals surface area (Å²) in [5.74, 6) is 0.477. The number of hydrogen-bond donors (Lipinski definition) is 1. The minimum absolute atomic E-state index is 0.477. The number of para-hydroxylation sites is 1. The number of aromatic nitrogens is 2. The van der Waals surface area contributed by atoms with Crippen molar-refractivity contribution < 1.29 is 0 Å². The molecule has 2 aromatic heterocycles. The number of amidine groups is 1. The van der Waals surface area contributed by atoms with Gasteiger partial charge in [-0.25, -0.2) is 4.99 Å². The molecule has 0 aliphatic heterocycles. The van der Waals surface area contributed by atoms with E-state index >= 15 is 0 Å². The first kappa shape index (κ1) is 30.1. The SMILES string of the molecule is C=C/C(C)=C(\C=C/C)N=C(N)c1ccc(-n2c(=C/CC)/c(=C\C)c3cc4c(ccn4-c4ccccc4)cc32)cc1.CC. The highest BCUT2D eigenvalue weighted by Gasteiger charge is 2.13. The highest BCUT2D eigenvalue weighted by molar-refractivity contribution is 5.99. The lowest BCUT2D eigenvalue weighted by Gasteiger charge is -2.10. The highest BCUT2D eigenvalue weighted by Crippen LogP contribution is 2.26. The van der Waals surface area contributed by atoms with Crippen LogP contribution in [0, 0.1) is 0 Å². The number of rotatable bonds is 7. The van der Waals surface area contributed by atoms with Crippen molar-refractivity contribution in [3.63, 3.8) is 0 Å². The zero-order chi connectivity index (χ0) is 30.2. The Morgan fingerprint density at radius 2 is 1.64 bits per heavy atom. The van der Waals surface area contributed by atoms with Crippen molar-refractivity contribution in [3.05, 3.63) is 131 Å². The zero-order valence-electron chi connectivity index (χ0n) is 25.7. The Kier molecular flexibility index (Phi) is 9.82. The van der Waals surface area contributed by atoms with Crippen molar-refractivity contribution in [2.75, 3.05) is 0 Å². The van der Waals surface area contributed by atoms with Crippen molar-refractivity contribution >= 4 is 39.8 Å². The summed E-state index contributed by atoms with van der Waals surface area (Å²) in [7, 11) is 0. The van der Waals surface area contributed by atoms with Crippen molar-refractivity contribution in [2.24, 2.45) is 10.7 Å². The van der Waals surface area contributed by atoms with Gasteiger partial charge < -0.3 is 14.9 Å². The predicted octanol–water partition coefficient (Wildman–Crippen LogP) is 8.33. The van der Waals surface area contributed by atoms with Crippen LogP contribution in [-0.4, -0.2) is 15.0 Å². The summed E-state index contributed by atoms with van der Waals surface area (Å²) in [6, 6.07) is 25.7. The Morgan fingerprint density at radius 1 is 0.929 bits per heavy atom. The molecule has 5 aromatic rings. The molecule has 42 heavy (non-hydrogen) atoms. The molecule has 0 aliphatic rings. The molecule has 0 atom stereocenters. The Bertz CT molecular complexity index is 1910. The first-order chi connectivity index (χ1) is 20.5. The van der Waals surface area contributed by atoms with E-state index in [1.165, 1.54) is 32.4 Å². The number of benzene rings is 3. The van der Waals surface area contributed by atoms with Crippen LogP contribution >= 0.6 is 0 Å². The fraction of sp³-hybridized carbons (Fsp3) is 0.184. The predicted molar refractivity (Wildman–Crippen MR) is 184 cm³/mol. The first-order valence-corrected chi connectivity index (χ1v) is 14.8. The standard InChI is InChI=1S/C36H36N4.C2H6/c1-6-13-32(25(5)8-3)38-36(37)26-17-19-29(20-18-26)40-33(14-7-2)30(9-4)31-24-34-27(23-35(31)40)21-22-39(34)28-15-11-10-12-16-28;1-2/h6,8-24H,3,7H2,1-2,4-5H3,(H2,37,38);1-2H3/b13-6-,30-9-,32-25+,33-14+;. The van der Waals surface area contributed by atoms with E-state index in [0.29, 0.717) is 5.84 Å². The van der Waals surface area contributed by atoms with E-state index in [2.05, 4.69) is 114 Å². The molecule has 0 amide bonds. The van der Waals surface area contributed by atoms with E-state index in [0.717, 1.165) is 34.6 Å². The first-order valence-electron chi connectivity index (χ1n) is 14.8. The van der Waals surface area contributed by atoms with Gasteiger partial charge in [-0.2, -0.15) is 0 Å². The molecular weight excluding hydrogens is 512 g/mol. The number of hydrogen-bond acceptors (Lipinski definition) is 1. The maximum Gasteiger partial charge on any atom is 0.131 e. The van der Waals surface area contributed by atoms with Crippen LogP contribution in [0.2, 0.25) is 0 Å². The van der Waals surface area contributed by atoms with Gasteiger partial charge in [0.25, 0.3) is 0 Å². The molecule has 0 saturated carbocycles. The molecule has 4 heteroatoms. The van der Waals surface area contributed by atoms with E-state index in [-0.39, 0.29) is 0 Å². The van der Waals surface area contributed by atoms with Crippen molar-refractivity contribution in [3.8, 4) is 11.4 Å². The molecule has 0 unspecified atom stereocenters. The largest absolute Gasteiger partial charge is 0.383 e. The Balaban J connectivity index is 0.00000198. The highest BCUT2D eigenvalue weighted by atomic mass is 15.0. The van der Waals surface area contributed by atoms with Gasteiger partial charge in [-0.3, -0.25) is 0 Å². The van der Waals surface area contributed by atoms with Crippen LogP contribution in [0.25, 0.3) is 45.3 Å². The summed E-state index contributed by atoms with van der Waals surface area (Å²) < 4.78 is 4.62. The number of allylic oxidation sites excluding steroid dienone is 4. The lowest BCUT2D eigenvalue weighted by Crippen LogP contribution is -2.28. The molecule has 0 spiro atoms. The van der Waals surface area contributed by atoms with Gasteiger partial charge in [-0.15, -0.1) is 0 Å². The van der Waals surface area contributed by atoms with Gasteiger partial charge in [0, 0.05) is 44.5 Å². The second kappa shape index (κ2) is 13.7. The van der Waals surface area contributed by atoms with Crippen molar-refractivity contribution in [2.45, 2.75) is 48.0 Å². The van der Waals surface area contributed by atoms with E-state index in [9.17, 15) is 0 Å². The van der Waals surface area contributed by atoms with E-state index in [4.69, 9.17) is 5.73 Å². The van der Waals surface area contributed by atoms with Gasteiger partial charge in [-0.1, -0.05) is 69.9 Å². The molecule has 5 rings (SSSR count). The monoisotopic (exact) mass is 554 g/mol. The average molecular weight is 555 g/mol. The molecular formula is C38H42N4. The summed E-state index contributed by atoms with van der Waals surface area (Å²) in [4.78, 5) is 4.68. The molecule has 0 aliphatic carbocycles. The molecule has 4 nitrogen and oxygen atoms in total. The van der Waals surface area contributed by atoms with E-state index in [1.54, 1.807) is 6.08 Å². The van der Waals surface area contributed by atoms with Crippen LogP contribution in [-0.2, 0) is 0 Å². The number of aliphatic imine (C=N–C) groups is 1. The lowest BCUT2D eigenvalue weighted by molar-refractivity contribution is 1.06. The van der Waals surface area contributed by atoms with Gasteiger partial charge in [-0.05, 0) is 93.4 Å². The van der Waals surface area contributed by atoms with Crippen LogP contribution in [0.3, 0.4) is 0 Å². The third kappa shape index (κ3) is 5.80. The number of nitrogens with two attached hydrogens (primary N) is 1. The van der Waals surface area contributed by atoms with Gasteiger partial charge >= 0.3 is 0 Å². The van der Waals surface area contributed by atoms with Crippen LogP contribution in [0.4, 0.5) is 0 Å². The van der Waals surface area contributed by atoms with Gasteiger partial charge in [0.15, 0.2) is 0 Å². The van der Waals surface area contributed by atoms with E-state index in [1.807, 2.05) is 52.0 Å². The molecule has 214 valence electrons. The van der Waals surface area contributed by atoms with Crippen LogP contribution in [0.15, 0.2) is 120 Å². The van der Waals surface area contributed by atoms with Gasteiger partial charge in [0.05, 0.1) is 16.7 Å². The van der Waals surface area contributed by atoms with Crippen LogP contribution < -0.4 is 16.3 Å². The normalized spacial score (nSPS) is 13.5. The van der Waals surface area contributed by atoms with Crippen LogP contribution in [0.5, 0.6) is 0 Å². The summed E-state index contributed by atoms with van der Waals surface area (Å²) in [5.41, 5.74) is 13.7. The zero-order valence-corrected chi connectivity index (χ0v) is 25.7. The summed E-state index contributed by atoms with van der Waals surface area (Å²) in [6.45, 7) is 16.1. The Morgan fingerprint density at radius 3 is 2.26 bits per heavy atom. The van der Waals surface area contributed by atoms with Gasteiger partial charge in [0.1, 0.15) is 5.84 Å². The fourth-order valence-corrected chi connectivity index (χ4v) is 5.24. The maximum absolute atomic E-state index is 6.44. The number of nitrogens with zero attached hydrogens (tertiary/aromatic N) is 3. The summed E-state index contributed by atoms with van der Waals surface area (Å²) in [5, 5.41) is 4.88. The molecule has 0 radical (unpaired) electrons. The molecule has 0 bridgehead atoms. The quantitative estimate of drug-likeness (QED) is 0.123. The number of fused-ring (bicyclic) bond motifs is 2. The summed E-state index contributed by atoms with van der Waals surface area (Å²) in [6.07, 6.45) is 13.3. The molecule has 3 aromatic carbocycles. The third-order valence-electron chi connectivity index (χ3n) is 7.27. The Hall–Kier alpha value is -4.83. The molecule has 0 saturated heterocycles. The van der Waals surface area contributed by atoms with Crippen LogP contribution in [0.1, 0.15) is 53.5 Å². The van der Waals surface area contributed by atoms with Gasteiger partial charge in [0.2, 0.25) is 0 Å². The minimum atomic E-state index is 0.477. The second-order valence-electron chi connectivity index (χ2n) is 9.80. The molecule has 2 N–H and O–H groups in total. The Labute approximate surface area is 249 Å². The third-order valence-corrected chi connectivity index (χ3v) is 7.27. The fourth-order valence-electron chi connectivity index (χ4n) is 5.24. The maximum atomic E-state index is 6.44.